The molecule has 4 heteroatoms. The number of halogens is 3. The van der Waals surface area contributed by atoms with Gasteiger partial charge in [0.1, 0.15) is 5.82 Å². The molecule has 0 amide bonds. The van der Waals surface area contributed by atoms with E-state index in [1.807, 2.05) is 6.07 Å². The molecular weight excluding hydrogens is 313 g/mol. The number of pyridine rings is 1. The fourth-order valence-electron chi connectivity index (χ4n) is 1.33. The second-order valence-electron chi connectivity index (χ2n) is 2.76. The maximum atomic E-state index is 13.2. The van der Waals surface area contributed by atoms with Crippen LogP contribution in [0.5, 0.6) is 0 Å². The molecule has 14 heavy (non-hydrogen) atoms. The van der Waals surface area contributed by atoms with E-state index in [0.29, 0.717) is 5.39 Å². The van der Waals surface area contributed by atoms with E-state index >= 15 is 0 Å². The predicted octanol–water partition coefficient (Wildman–Crippen LogP) is 3.85. The molecule has 0 saturated carbocycles. The topological polar surface area (TPSA) is 12.9 Å². The van der Waals surface area contributed by atoms with Crippen LogP contribution in [0.2, 0.25) is 0 Å². The smallest absolute Gasteiger partial charge is 0.132 e. The van der Waals surface area contributed by atoms with Gasteiger partial charge >= 0.3 is 0 Å². The van der Waals surface area contributed by atoms with E-state index in [1.54, 1.807) is 18.5 Å². The zero-order valence-electron chi connectivity index (χ0n) is 7.21. The Balaban J connectivity index is 0.000000980. The van der Waals surface area contributed by atoms with E-state index in [9.17, 15) is 4.39 Å². The van der Waals surface area contributed by atoms with E-state index in [4.69, 9.17) is 0 Å². The van der Waals surface area contributed by atoms with Gasteiger partial charge in [-0.05, 0) is 23.1 Å². The zero-order chi connectivity index (χ0) is 9.26. The Morgan fingerprint density at radius 2 is 2.00 bits per heavy atom. The number of benzene rings is 1. The highest BCUT2D eigenvalue weighted by molar-refractivity contribution is 9.08. The van der Waals surface area contributed by atoms with E-state index in [0.717, 1.165) is 16.3 Å². The van der Waals surface area contributed by atoms with Gasteiger partial charge in [0.05, 0.1) is 0 Å². The monoisotopic (exact) mass is 319 g/mol. The van der Waals surface area contributed by atoms with Crippen molar-refractivity contribution >= 4 is 43.7 Å². The summed E-state index contributed by atoms with van der Waals surface area (Å²) in [7, 11) is 0. The average Bonchev–Trinajstić information content (AvgIpc) is 2.19. The lowest BCUT2D eigenvalue weighted by Gasteiger charge is -2.02. The first-order chi connectivity index (χ1) is 6.33. The van der Waals surface area contributed by atoms with Crippen molar-refractivity contribution in [3.05, 3.63) is 42.0 Å². The molecule has 1 aromatic heterocycles. The fourth-order valence-corrected chi connectivity index (χ4v) is 1.82. The molecule has 2 rings (SSSR count). The number of alkyl halides is 1. The molecule has 0 N–H and O–H groups in total. The lowest BCUT2D eigenvalue weighted by atomic mass is 10.1. The van der Waals surface area contributed by atoms with E-state index in [-0.39, 0.29) is 22.8 Å². The summed E-state index contributed by atoms with van der Waals surface area (Å²) in [6.45, 7) is 0. The minimum absolute atomic E-state index is 0. The van der Waals surface area contributed by atoms with Crippen molar-refractivity contribution in [1.82, 2.24) is 4.98 Å². The standard InChI is InChI=1S/C10H7BrFN.BrH/c11-5-7-1-2-10(12)9-6-13-4-3-8(7)9;/h1-4,6H,5H2;1H. The number of hydrogen-bond acceptors (Lipinski definition) is 1. The van der Waals surface area contributed by atoms with Crippen molar-refractivity contribution < 1.29 is 4.39 Å². The number of rotatable bonds is 1. The summed E-state index contributed by atoms with van der Waals surface area (Å²) in [5.41, 5.74) is 1.08. The molecule has 2 aromatic rings. The van der Waals surface area contributed by atoms with Crippen LogP contribution < -0.4 is 0 Å². The Morgan fingerprint density at radius 3 is 2.71 bits per heavy atom. The normalized spacial score (nSPS) is 9.86. The van der Waals surface area contributed by atoms with Crippen molar-refractivity contribution in [2.45, 2.75) is 5.33 Å². The zero-order valence-corrected chi connectivity index (χ0v) is 10.5. The van der Waals surface area contributed by atoms with E-state index in [1.165, 1.54) is 6.07 Å². The average molecular weight is 321 g/mol. The summed E-state index contributed by atoms with van der Waals surface area (Å²) in [6, 6.07) is 5.09. The van der Waals surface area contributed by atoms with Crippen molar-refractivity contribution in [3.63, 3.8) is 0 Å². The molecule has 1 aromatic carbocycles. The molecule has 0 aliphatic carbocycles. The van der Waals surface area contributed by atoms with Crippen molar-refractivity contribution in [3.8, 4) is 0 Å². The van der Waals surface area contributed by atoms with Crippen LogP contribution >= 0.6 is 32.9 Å². The van der Waals surface area contributed by atoms with Crippen LogP contribution in [0.1, 0.15) is 5.56 Å². The van der Waals surface area contributed by atoms with Crippen LogP contribution in [-0.2, 0) is 5.33 Å². The first-order valence-electron chi connectivity index (χ1n) is 3.90. The molecule has 0 fully saturated rings. The predicted molar refractivity (Wildman–Crippen MR) is 64.7 cm³/mol. The van der Waals surface area contributed by atoms with E-state index < -0.39 is 0 Å². The lowest BCUT2D eigenvalue weighted by Crippen LogP contribution is -1.86. The Morgan fingerprint density at radius 1 is 1.21 bits per heavy atom. The van der Waals surface area contributed by atoms with Gasteiger partial charge in [-0.3, -0.25) is 4.98 Å². The highest BCUT2D eigenvalue weighted by Gasteiger charge is 2.03. The molecule has 0 aliphatic rings. The maximum Gasteiger partial charge on any atom is 0.132 e. The number of aromatic nitrogens is 1. The molecule has 0 radical (unpaired) electrons. The molecular formula is C10H8Br2FN. The second kappa shape index (κ2) is 4.84. The third-order valence-electron chi connectivity index (χ3n) is 2.00. The number of hydrogen-bond donors (Lipinski definition) is 0. The summed E-state index contributed by atoms with van der Waals surface area (Å²) in [5.74, 6) is -0.215. The van der Waals surface area contributed by atoms with Gasteiger partial charge in [-0.2, -0.15) is 0 Å². The van der Waals surface area contributed by atoms with Crippen LogP contribution in [0.15, 0.2) is 30.6 Å². The Bertz CT molecular complexity index is 445. The third-order valence-corrected chi connectivity index (χ3v) is 2.60. The third kappa shape index (κ3) is 1.96. The lowest BCUT2D eigenvalue weighted by molar-refractivity contribution is 0.639. The molecule has 0 atom stereocenters. The molecule has 0 spiro atoms. The van der Waals surface area contributed by atoms with Gasteiger partial charge in [0.25, 0.3) is 0 Å². The largest absolute Gasteiger partial charge is 0.264 e. The minimum Gasteiger partial charge on any atom is -0.264 e. The molecule has 0 saturated heterocycles. The second-order valence-corrected chi connectivity index (χ2v) is 3.32. The van der Waals surface area contributed by atoms with Gasteiger partial charge in [0, 0.05) is 23.1 Å². The van der Waals surface area contributed by atoms with Gasteiger partial charge in [-0.25, -0.2) is 4.39 Å². The van der Waals surface area contributed by atoms with Gasteiger partial charge in [0.15, 0.2) is 0 Å². The van der Waals surface area contributed by atoms with Crippen molar-refractivity contribution in [2.24, 2.45) is 0 Å². The van der Waals surface area contributed by atoms with Crippen LogP contribution in [0, 0.1) is 5.82 Å². The Hall–Kier alpha value is -0.480. The summed E-state index contributed by atoms with van der Waals surface area (Å²) in [4.78, 5) is 3.89. The number of fused-ring (bicyclic) bond motifs is 1. The molecule has 1 nitrogen and oxygen atoms in total. The highest BCUT2D eigenvalue weighted by Crippen LogP contribution is 2.22. The molecule has 0 bridgehead atoms. The van der Waals surface area contributed by atoms with E-state index in [2.05, 4.69) is 20.9 Å². The summed E-state index contributed by atoms with van der Waals surface area (Å²) in [5, 5.41) is 2.24. The Labute approximate surface area is 100 Å². The first kappa shape index (κ1) is 11.6. The molecule has 74 valence electrons. The summed E-state index contributed by atoms with van der Waals surface area (Å²) < 4.78 is 13.2. The van der Waals surface area contributed by atoms with Crippen LogP contribution in [-0.4, -0.2) is 4.98 Å². The molecule has 1 heterocycles. The first-order valence-corrected chi connectivity index (χ1v) is 5.02. The minimum atomic E-state index is -0.215. The highest BCUT2D eigenvalue weighted by atomic mass is 79.9. The summed E-state index contributed by atoms with van der Waals surface area (Å²) in [6.07, 6.45) is 3.23. The quantitative estimate of drug-likeness (QED) is 0.727. The number of nitrogens with zero attached hydrogens (tertiary/aromatic N) is 1. The van der Waals surface area contributed by atoms with Crippen LogP contribution in [0.25, 0.3) is 10.8 Å². The van der Waals surface area contributed by atoms with Gasteiger partial charge in [-0.1, -0.05) is 22.0 Å². The molecule has 0 aliphatic heterocycles. The Kier molecular flexibility index (Phi) is 4.01. The van der Waals surface area contributed by atoms with Gasteiger partial charge in [-0.15, -0.1) is 17.0 Å². The molecule has 0 unspecified atom stereocenters. The van der Waals surface area contributed by atoms with Crippen LogP contribution in [0.3, 0.4) is 0 Å². The maximum absolute atomic E-state index is 13.2. The summed E-state index contributed by atoms with van der Waals surface area (Å²) >= 11 is 3.36. The van der Waals surface area contributed by atoms with Crippen LogP contribution in [0.4, 0.5) is 4.39 Å². The van der Waals surface area contributed by atoms with Crippen molar-refractivity contribution in [2.75, 3.05) is 0 Å². The van der Waals surface area contributed by atoms with Gasteiger partial charge in [0.2, 0.25) is 0 Å². The fraction of sp³-hybridized carbons (Fsp3) is 0.100. The van der Waals surface area contributed by atoms with Crippen molar-refractivity contribution in [1.29, 1.82) is 0 Å². The SMILES string of the molecule is Br.Fc1ccc(CBr)c2ccncc12. The van der Waals surface area contributed by atoms with Gasteiger partial charge < -0.3 is 0 Å².